The van der Waals surface area contributed by atoms with Crippen molar-refractivity contribution in [2.45, 2.75) is 43.8 Å². The lowest BCUT2D eigenvalue weighted by Crippen LogP contribution is -2.44. The van der Waals surface area contributed by atoms with E-state index in [2.05, 4.69) is 53.7 Å². The second-order valence-electron chi connectivity index (χ2n) is 7.61. The first-order chi connectivity index (χ1) is 12.3. The van der Waals surface area contributed by atoms with Crippen LogP contribution in [0.25, 0.3) is 22.1 Å². The SMILES string of the molecule is CN1C2CCC1CC(Nc1ccc(-c3ccc4occc4c3)cc1)C2. The summed E-state index contributed by atoms with van der Waals surface area (Å²) in [7, 11) is 2.30. The molecule has 0 saturated carbocycles. The quantitative estimate of drug-likeness (QED) is 0.720. The summed E-state index contributed by atoms with van der Waals surface area (Å²) < 4.78 is 5.43. The molecular formula is C22H24N2O. The molecule has 0 amide bonds. The van der Waals surface area contributed by atoms with Crippen molar-refractivity contribution < 1.29 is 4.42 Å². The summed E-state index contributed by atoms with van der Waals surface area (Å²) in [5.41, 5.74) is 4.66. The van der Waals surface area contributed by atoms with Crippen LogP contribution in [0.5, 0.6) is 0 Å². The van der Waals surface area contributed by atoms with Crippen LogP contribution in [0.3, 0.4) is 0 Å². The lowest BCUT2D eigenvalue weighted by molar-refractivity contribution is 0.169. The Balaban J connectivity index is 1.31. The molecule has 2 atom stereocenters. The Morgan fingerprint density at radius 1 is 0.920 bits per heavy atom. The summed E-state index contributed by atoms with van der Waals surface area (Å²) in [6.07, 6.45) is 7.03. The molecule has 2 aromatic carbocycles. The van der Waals surface area contributed by atoms with E-state index in [4.69, 9.17) is 4.42 Å². The zero-order valence-electron chi connectivity index (χ0n) is 14.6. The molecule has 2 saturated heterocycles. The predicted molar refractivity (Wildman–Crippen MR) is 103 cm³/mol. The fourth-order valence-electron chi connectivity index (χ4n) is 4.67. The Labute approximate surface area is 148 Å². The second-order valence-corrected chi connectivity index (χ2v) is 7.61. The number of fused-ring (bicyclic) bond motifs is 3. The molecule has 2 aliphatic heterocycles. The van der Waals surface area contributed by atoms with Gasteiger partial charge in [0.1, 0.15) is 5.58 Å². The first kappa shape index (κ1) is 15.0. The molecule has 0 aliphatic carbocycles. The smallest absolute Gasteiger partial charge is 0.133 e. The monoisotopic (exact) mass is 332 g/mol. The van der Waals surface area contributed by atoms with E-state index >= 15 is 0 Å². The average Bonchev–Trinajstić information content (AvgIpc) is 3.16. The summed E-state index contributed by atoms with van der Waals surface area (Å²) in [5.74, 6) is 0. The minimum atomic E-state index is 0.613. The van der Waals surface area contributed by atoms with Crippen molar-refractivity contribution in [3.63, 3.8) is 0 Å². The molecule has 0 radical (unpaired) electrons. The normalized spacial score (nSPS) is 26.2. The molecule has 2 bridgehead atoms. The number of benzene rings is 2. The summed E-state index contributed by atoms with van der Waals surface area (Å²) in [4.78, 5) is 2.59. The zero-order chi connectivity index (χ0) is 16.8. The van der Waals surface area contributed by atoms with Crippen molar-refractivity contribution >= 4 is 16.7 Å². The van der Waals surface area contributed by atoms with Gasteiger partial charge in [-0.1, -0.05) is 18.2 Å². The molecule has 1 N–H and O–H groups in total. The van der Waals surface area contributed by atoms with Crippen LogP contribution >= 0.6 is 0 Å². The molecule has 2 fully saturated rings. The number of hydrogen-bond donors (Lipinski definition) is 1. The van der Waals surface area contributed by atoms with Crippen molar-refractivity contribution in [3.8, 4) is 11.1 Å². The third kappa shape index (κ3) is 2.73. The van der Waals surface area contributed by atoms with E-state index in [9.17, 15) is 0 Å². The van der Waals surface area contributed by atoms with E-state index in [0.717, 1.165) is 23.1 Å². The van der Waals surface area contributed by atoms with E-state index in [1.165, 1.54) is 42.5 Å². The fraction of sp³-hybridized carbons (Fsp3) is 0.364. The second kappa shape index (κ2) is 5.92. The number of piperidine rings is 1. The highest BCUT2D eigenvalue weighted by atomic mass is 16.3. The maximum Gasteiger partial charge on any atom is 0.133 e. The minimum Gasteiger partial charge on any atom is -0.464 e. The van der Waals surface area contributed by atoms with Gasteiger partial charge in [0.25, 0.3) is 0 Å². The molecule has 0 spiro atoms. The standard InChI is InChI=1S/C22H24N2O/c1-24-20-7-8-21(24)14-19(13-20)23-18-5-2-15(3-6-18)16-4-9-22-17(12-16)10-11-25-22/h2-6,9-12,19-21,23H,7-8,13-14H2,1H3. The number of anilines is 1. The van der Waals surface area contributed by atoms with Gasteiger partial charge in [0, 0.05) is 29.2 Å². The molecule has 25 heavy (non-hydrogen) atoms. The van der Waals surface area contributed by atoms with E-state index in [-0.39, 0.29) is 0 Å². The van der Waals surface area contributed by atoms with Crippen molar-refractivity contribution in [3.05, 3.63) is 54.8 Å². The minimum absolute atomic E-state index is 0.613. The first-order valence-corrected chi connectivity index (χ1v) is 9.32. The molecule has 3 aromatic rings. The van der Waals surface area contributed by atoms with Crippen LogP contribution < -0.4 is 5.32 Å². The van der Waals surface area contributed by atoms with Gasteiger partial charge >= 0.3 is 0 Å². The Kier molecular flexibility index (Phi) is 3.56. The van der Waals surface area contributed by atoms with Gasteiger partial charge in [-0.05, 0) is 74.2 Å². The van der Waals surface area contributed by atoms with Gasteiger partial charge in [-0.25, -0.2) is 0 Å². The molecular weight excluding hydrogens is 308 g/mol. The molecule has 3 heterocycles. The van der Waals surface area contributed by atoms with Gasteiger partial charge in [0.2, 0.25) is 0 Å². The number of furan rings is 1. The van der Waals surface area contributed by atoms with E-state index in [1.54, 1.807) is 6.26 Å². The molecule has 3 nitrogen and oxygen atoms in total. The summed E-state index contributed by atoms with van der Waals surface area (Å²) in [6.45, 7) is 0. The van der Waals surface area contributed by atoms with E-state index in [0.29, 0.717) is 6.04 Å². The first-order valence-electron chi connectivity index (χ1n) is 9.32. The van der Waals surface area contributed by atoms with Crippen molar-refractivity contribution in [1.82, 2.24) is 4.90 Å². The largest absolute Gasteiger partial charge is 0.464 e. The number of nitrogens with zero attached hydrogens (tertiary/aromatic N) is 1. The summed E-state index contributed by atoms with van der Waals surface area (Å²) in [5, 5.41) is 4.92. The summed E-state index contributed by atoms with van der Waals surface area (Å²) >= 11 is 0. The van der Waals surface area contributed by atoms with E-state index < -0.39 is 0 Å². The summed E-state index contributed by atoms with van der Waals surface area (Å²) in [6, 6.07) is 19.4. The molecule has 5 rings (SSSR count). The van der Waals surface area contributed by atoms with Crippen LogP contribution in [0.15, 0.2) is 59.2 Å². The van der Waals surface area contributed by atoms with Crippen LogP contribution in [-0.4, -0.2) is 30.1 Å². The third-order valence-corrected chi connectivity index (χ3v) is 6.14. The van der Waals surface area contributed by atoms with Crippen LogP contribution in [-0.2, 0) is 0 Å². The lowest BCUT2D eigenvalue weighted by Gasteiger charge is -2.37. The zero-order valence-corrected chi connectivity index (χ0v) is 14.6. The van der Waals surface area contributed by atoms with Gasteiger partial charge in [-0.2, -0.15) is 0 Å². The van der Waals surface area contributed by atoms with Crippen LogP contribution in [0.2, 0.25) is 0 Å². The number of nitrogens with one attached hydrogen (secondary N) is 1. The topological polar surface area (TPSA) is 28.4 Å². The highest BCUT2D eigenvalue weighted by molar-refractivity contribution is 5.83. The van der Waals surface area contributed by atoms with E-state index in [1.807, 2.05) is 12.1 Å². The third-order valence-electron chi connectivity index (χ3n) is 6.14. The lowest BCUT2D eigenvalue weighted by atomic mass is 9.97. The van der Waals surface area contributed by atoms with Crippen molar-refractivity contribution in [2.75, 3.05) is 12.4 Å². The Hall–Kier alpha value is -2.26. The van der Waals surface area contributed by atoms with Crippen LogP contribution in [0, 0.1) is 0 Å². The fourth-order valence-corrected chi connectivity index (χ4v) is 4.67. The molecule has 2 aliphatic rings. The van der Waals surface area contributed by atoms with Crippen LogP contribution in [0.4, 0.5) is 5.69 Å². The van der Waals surface area contributed by atoms with Crippen LogP contribution in [0.1, 0.15) is 25.7 Å². The Morgan fingerprint density at radius 3 is 2.40 bits per heavy atom. The van der Waals surface area contributed by atoms with Gasteiger partial charge in [0.05, 0.1) is 6.26 Å². The van der Waals surface area contributed by atoms with Gasteiger partial charge < -0.3 is 14.6 Å². The maximum absolute atomic E-state index is 5.43. The molecule has 3 heteroatoms. The Morgan fingerprint density at radius 2 is 1.64 bits per heavy atom. The molecule has 1 aromatic heterocycles. The highest BCUT2D eigenvalue weighted by Gasteiger charge is 2.38. The molecule has 2 unspecified atom stereocenters. The molecule has 128 valence electrons. The average molecular weight is 332 g/mol. The number of hydrogen-bond acceptors (Lipinski definition) is 3. The van der Waals surface area contributed by atoms with Crippen molar-refractivity contribution in [2.24, 2.45) is 0 Å². The van der Waals surface area contributed by atoms with Gasteiger partial charge in [0.15, 0.2) is 0 Å². The van der Waals surface area contributed by atoms with Gasteiger partial charge in [-0.15, -0.1) is 0 Å². The van der Waals surface area contributed by atoms with Crippen molar-refractivity contribution in [1.29, 1.82) is 0 Å². The number of rotatable bonds is 3. The maximum atomic E-state index is 5.43. The van der Waals surface area contributed by atoms with Gasteiger partial charge in [-0.3, -0.25) is 0 Å². The predicted octanol–water partition coefficient (Wildman–Crippen LogP) is 5.14. The highest BCUT2D eigenvalue weighted by Crippen LogP contribution is 2.35. The Bertz CT molecular complexity index is 868.